The molecule has 0 bridgehead atoms. The van der Waals surface area contributed by atoms with Crippen LogP contribution < -0.4 is 0 Å². The predicted molar refractivity (Wildman–Crippen MR) is 70.9 cm³/mol. The molecule has 0 fully saturated rings. The van der Waals surface area contributed by atoms with Gasteiger partial charge in [-0.25, -0.2) is 0 Å². The van der Waals surface area contributed by atoms with Crippen molar-refractivity contribution in [1.82, 2.24) is 4.90 Å². The number of likely N-dealkylation sites (N-methyl/N-ethyl adjacent to an activating group) is 1. The Hall–Kier alpha value is -0.800. The smallest absolute Gasteiger partial charge is 0.254 e. The second kappa shape index (κ2) is 6.06. The molecular formula is C12H13BrClNO. The molecule has 1 aromatic rings. The van der Waals surface area contributed by atoms with Crippen LogP contribution in [0.2, 0.25) is 5.02 Å². The number of halogens is 2. The first-order valence-corrected chi connectivity index (χ1v) is 6.12. The Morgan fingerprint density at radius 3 is 2.81 bits per heavy atom. The van der Waals surface area contributed by atoms with Gasteiger partial charge >= 0.3 is 0 Å². The Labute approximate surface area is 109 Å². The Balaban J connectivity index is 2.94. The normalized spacial score (nSPS) is 9.94. The van der Waals surface area contributed by atoms with Crippen LogP contribution in [-0.4, -0.2) is 23.9 Å². The lowest BCUT2D eigenvalue weighted by Gasteiger charge is -2.19. The lowest BCUT2D eigenvalue weighted by molar-refractivity contribution is 0.0782. The SMILES string of the molecule is C=CCN(CC)C(=O)c1ccc(Cl)c(Br)c1. The van der Waals surface area contributed by atoms with E-state index in [0.29, 0.717) is 23.7 Å². The third kappa shape index (κ3) is 3.09. The van der Waals surface area contributed by atoms with E-state index in [1.54, 1.807) is 29.2 Å². The van der Waals surface area contributed by atoms with Crippen LogP contribution in [0.15, 0.2) is 35.3 Å². The predicted octanol–water partition coefficient (Wildman–Crippen LogP) is 3.75. The largest absolute Gasteiger partial charge is 0.335 e. The third-order valence-corrected chi connectivity index (χ3v) is 3.40. The van der Waals surface area contributed by atoms with E-state index in [1.165, 1.54) is 0 Å². The molecular weight excluding hydrogens is 289 g/mol. The van der Waals surface area contributed by atoms with Crippen LogP contribution in [0.3, 0.4) is 0 Å². The topological polar surface area (TPSA) is 20.3 Å². The molecule has 0 saturated heterocycles. The van der Waals surface area contributed by atoms with E-state index in [4.69, 9.17) is 11.6 Å². The van der Waals surface area contributed by atoms with Gasteiger partial charge in [-0.2, -0.15) is 0 Å². The average molecular weight is 303 g/mol. The number of carbonyl (C=O) groups is 1. The molecule has 0 radical (unpaired) electrons. The highest BCUT2D eigenvalue weighted by Gasteiger charge is 2.13. The number of hydrogen-bond donors (Lipinski definition) is 0. The summed E-state index contributed by atoms with van der Waals surface area (Å²) < 4.78 is 0.731. The molecule has 86 valence electrons. The van der Waals surface area contributed by atoms with Gasteiger partial charge in [0.15, 0.2) is 0 Å². The molecule has 0 saturated carbocycles. The van der Waals surface area contributed by atoms with Gasteiger partial charge in [-0.1, -0.05) is 17.7 Å². The molecule has 1 amide bonds. The summed E-state index contributed by atoms with van der Waals surface area (Å²) in [5.74, 6) is -0.0141. The first-order valence-electron chi connectivity index (χ1n) is 4.95. The minimum Gasteiger partial charge on any atom is -0.335 e. The van der Waals surface area contributed by atoms with Crippen LogP contribution in [0.5, 0.6) is 0 Å². The van der Waals surface area contributed by atoms with Crippen molar-refractivity contribution in [2.75, 3.05) is 13.1 Å². The van der Waals surface area contributed by atoms with Crippen molar-refractivity contribution in [1.29, 1.82) is 0 Å². The van der Waals surface area contributed by atoms with Gasteiger partial charge in [0.05, 0.1) is 5.02 Å². The van der Waals surface area contributed by atoms with Crippen LogP contribution in [0.4, 0.5) is 0 Å². The molecule has 4 heteroatoms. The van der Waals surface area contributed by atoms with E-state index in [2.05, 4.69) is 22.5 Å². The Morgan fingerprint density at radius 1 is 1.62 bits per heavy atom. The molecule has 0 aromatic heterocycles. The number of amides is 1. The highest BCUT2D eigenvalue weighted by Crippen LogP contribution is 2.23. The first-order chi connectivity index (χ1) is 7.60. The Morgan fingerprint density at radius 2 is 2.31 bits per heavy atom. The van der Waals surface area contributed by atoms with E-state index >= 15 is 0 Å². The number of carbonyl (C=O) groups excluding carboxylic acids is 1. The summed E-state index contributed by atoms with van der Waals surface area (Å²) in [6.45, 7) is 6.78. The zero-order valence-corrected chi connectivity index (χ0v) is 11.4. The number of benzene rings is 1. The molecule has 0 N–H and O–H groups in total. The standard InChI is InChI=1S/C12H13BrClNO/c1-3-7-15(4-2)12(16)9-5-6-11(14)10(13)8-9/h3,5-6,8H,1,4,7H2,2H3. The fourth-order valence-corrected chi connectivity index (χ4v) is 1.82. The van der Waals surface area contributed by atoms with E-state index in [9.17, 15) is 4.79 Å². The maximum absolute atomic E-state index is 12.0. The zero-order chi connectivity index (χ0) is 12.1. The Kier molecular flexibility index (Phi) is 5.03. The van der Waals surface area contributed by atoms with E-state index in [0.717, 1.165) is 4.47 Å². The van der Waals surface area contributed by atoms with Gasteiger partial charge in [-0.05, 0) is 41.1 Å². The summed E-state index contributed by atoms with van der Waals surface area (Å²) in [6.07, 6.45) is 1.71. The van der Waals surface area contributed by atoms with Crippen molar-refractivity contribution in [2.24, 2.45) is 0 Å². The van der Waals surface area contributed by atoms with Gasteiger partial charge < -0.3 is 4.90 Å². The molecule has 0 unspecified atom stereocenters. The third-order valence-electron chi connectivity index (χ3n) is 2.18. The van der Waals surface area contributed by atoms with Crippen LogP contribution >= 0.6 is 27.5 Å². The van der Waals surface area contributed by atoms with Crippen molar-refractivity contribution in [3.05, 3.63) is 45.9 Å². The van der Waals surface area contributed by atoms with Crippen molar-refractivity contribution in [3.63, 3.8) is 0 Å². The zero-order valence-electron chi connectivity index (χ0n) is 9.04. The monoisotopic (exact) mass is 301 g/mol. The summed E-state index contributed by atoms with van der Waals surface area (Å²) in [6, 6.07) is 5.16. The van der Waals surface area contributed by atoms with Crippen molar-refractivity contribution in [2.45, 2.75) is 6.92 Å². The lowest BCUT2D eigenvalue weighted by Crippen LogP contribution is -2.30. The van der Waals surface area contributed by atoms with Gasteiger partial charge in [0.1, 0.15) is 0 Å². The quantitative estimate of drug-likeness (QED) is 0.776. The highest BCUT2D eigenvalue weighted by molar-refractivity contribution is 9.10. The molecule has 16 heavy (non-hydrogen) atoms. The van der Waals surface area contributed by atoms with E-state index in [-0.39, 0.29) is 5.91 Å². The second-order valence-electron chi connectivity index (χ2n) is 3.26. The number of nitrogens with zero attached hydrogens (tertiary/aromatic N) is 1. The fourth-order valence-electron chi connectivity index (χ4n) is 1.32. The molecule has 1 rings (SSSR count). The maximum Gasteiger partial charge on any atom is 0.254 e. The molecule has 0 aliphatic rings. The minimum atomic E-state index is -0.0141. The first kappa shape index (κ1) is 13.3. The van der Waals surface area contributed by atoms with E-state index in [1.807, 2.05) is 6.92 Å². The van der Waals surface area contributed by atoms with Crippen molar-refractivity contribution in [3.8, 4) is 0 Å². The molecule has 2 nitrogen and oxygen atoms in total. The van der Waals surface area contributed by atoms with Gasteiger partial charge in [-0.15, -0.1) is 6.58 Å². The molecule has 0 spiro atoms. The van der Waals surface area contributed by atoms with Crippen LogP contribution in [0.25, 0.3) is 0 Å². The van der Waals surface area contributed by atoms with Gasteiger partial charge in [-0.3, -0.25) is 4.79 Å². The number of hydrogen-bond acceptors (Lipinski definition) is 1. The van der Waals surface area contributed by atoms with Gasteiger partial charge in [0.25, 0.3) is 5.91 Å². The van der Waals surface area contributed by atoms with E-state index < -0.39 is 0 Å². The van der Waals surface area contributed by atoms with Gasteiger partial charge in [0.2, 0.25) is 0 Å². The maximum atomic E-state index is 12.0. The summed E-state index contributed by atoms with van der Waals surface area (Å²) in [7, 11) is 0. The Bertz CT molecular complexity index is 406. The summed E-state index contributed by atoms with van der Waals surface area (Å²) in [5, 5.41) is 0.600. The van der Waals surface area contributed by atoms with Crippen molar-refractivity contribution >= 4 is 33.4 Å². The minimum absolute atomic E-state index is 0.0141. The molecule has 0 aliphatic carbocycles. The molecule has 0 aliphatic heterocycles. The molecule has 1 aromatic carbocycles. The summed E-state index contributed by atoms with van der Waals surface area (Å²) >= 11 is 9.17. The lowest BCUT2D eigenvalue weighted by atomic mass is 10.2. The summed E-state index contributed by atoms with van der Waals surface area (Å²) in [4.78, 5) is 13.8. The van der Waals surface area contributed by atoms with Gasteiger partial charge in [0, 0.05) is 23.1 Å². The van der Waals surface area contributed by atoms with Crippen molar-refractivity contribution < 1.29 is 4.79 Å². The molecule has 0 atom stereocenters. The number of rotatable bonds is 4. The highest BCUT2D eigenvalue weighted by atomic mass is 79.9. The average Bonchev–Trinajstić information content (AvgIpc) is 2.28. The van der Waals surface area contributed by atoms with Crippen LogP contribution in [-0.2, 0) is 0 Å². The fraction of sp³-hybridized carbons (Fsp3) is 0.250. The second-order valence-corrected chi connectivity index (χ2v) is 4.52. The molecule has 0 heterocycles. The van der Waals surface area contributed by atoms with Crippen LogP contribution in [0, 0.1) is 0 Å². The van der Waals surface area contributed by atoms with Crippen LogP contribution in [0.1, 0.15) is 17.3 Å². The summed E-state index contributed by atoms with van der Waals surface area (Å²) in [5.41, 5.74) is 0.625.